The Labute approximate surface area is 180 Å². The molecule has 0 fully saturated rings. The third-order valence-corrected chi connectivity index (χ3v) is 5.98. The molecule has 0 saturated carbocycles. The van der Waals surface area contributed by atoms with E-state index in [1.54, 1.807) is 23.7 Å². The summed E-state index contributed by atoms with van der Waals surface area (Å²) in [5, 5.41) is 5.37. The average molecular weight is 444 g/mol. The first-order chi connectivity index (χ1) is 14.8. The quantitative estimate of drug-likeness (QED) is 0.345. The fourth-order valence-corrected chi connectivity index (χ4v) is 4.63. The van der Waals surface area contributed by atoms with Crippen molar-refractivity contribution >= 4 is 27.4 Å². The van der Waals surface area contributed by atoms with Gasteiger partial charge >= 0.3 is 12.1 Å². The van der Waals surface area contributed by atoms with Crippen molar-refractivity contribution in [2.75, 3.05) is 6.61 Å². The van der Waals surface area contributed by atoms with Crippen molar-refractivity contribution in [1.29, 1.82) is 0 Å². The Morgan fingerprint density at radius 3 is 2.65 bits per heavy atom. The average Bonchev–Trinajstić information content (AvgIpc) is 3.30. The van der Waals surface area contributed by atoms with Crippen molar-refractivity contribution in [3.63, 3.8) is 0 Å². The molecule has 0 saturated heterocycles. The van der Waals surface area contributed by atoms with E-state index < -0.39 is 17.7 Å². The van der Waals surface area contributed by atoms with Crippen LogP contribution in [0.3, 0.4) is 0 Å². The minimum atomic E-state index is -4.36. The van der Waals surface area contributed by atoms with Gasteiger partial charge in [-0.05, 0) is 49.1 Å². The number of ether oxygens (including phenoxy) is 1. The second kappa shape index (κ2) is 8.19. The molecule has 2 aromatic carbocycles. The van der Waals surface area contributed by atoms with Gasteiger partial charge in [-0.15, -0.1) is 11.3 Å². The molecule has 4 aromatic rings. The number of hydrogen-bond acceptors (Lipinski definition) is 4. The van der Waals surface area contributed by atoms with Crippen molar-refractivity contribution in [1.82, 2.24) is 9.78 Å². The number of aromatic nitrogens is 2. The van der Waals surface area contributed by atoms with E-state index >= 15 is 0 Å². The number of halogens is 3. The summed E-state index contributed by atoms with van der Waals surface area (Å²) in [7, 11) is 0. The molecule has 0 aliphatic heterocycles. The van der Waals surface area contributed by atoms with Crippen molar-refractivity contribution in [2.24, 2.45) is 0 Å². The van der Waals surface area contributed by atoms with E-state index in [1.165, 1.54) is 23.5 Å². The number of rotatable bonds is 5. The standard InChI is InChI=1S/C23H19F3N2O2S/c1-3-30-22(29)19-10-14(2)28(27-19)20-9-5-7-16-13-18(31-21(16)20)12-15-6-4-8-17(11-15)23(24,25)26/h4-11,13H,3,12H2,1-2H3. The smallest absolute Gasteiger partial charge is 0.416 e. The zero-order valence-corrected chi connectivity index (χ0v) is 17.7. The fourth-order valence-electron chi connectivity index (χ4n) is 3.44. The predicted octanol–water partition coefficient (Wildman–Crippen LogP) is 6.18. The number of carbonyl (C=O) groups excluding carboxylic acids is 1. The Balaban J connectivity index is 1.70. The Hall–Kier alpha value is -3.13. The first kappa shape index (κ1) is 21.1. The molecule has 0 amide bonds. The molecule has 4 rings (SSSR count). The van der Waals surface area contributed by atoms with Crippen molar-refractivity contribution < 1.29 is 22.7 Å². The monoisotopic (exact) mass is 444 g/mol. The predicted molar refractivity (Wildman–Crippen MR) is 114 cm³/mol. The molecule has 160 valence electrons. The summed E-state index contributed by atoms with van der Waals surface area (Å²) >= 11 is 1.51. The van der Waals surface area contributed by atoms with Gasteiger partial charge in [0.1, 0.15) is 0 Å². The maximum atomic E-state index is 13.0. The molecule has 0 spiro atoms. The number of alkyl halides is 3. The van der Waals surface area contributed by atoms with E-state index in [9.17, 15) is 18.0 Å². The number of benzene rings is 2. The Kier molecular flexibility index (Phi) is 5.58. The van der Waals surface area contributed by atoms with Crippen molar-refractivity contribution in [2.45, 2.75) is 26.4 Å². The van der Waals surface area contributed by atoms with E-state index in [2.05, 4.69) is 5.10 Å². The lowest BCUT2D eigenvalue weighted by Crippen LogP contribution is -2.06. The van der Waals surface area contributed by atoms with Crippen LogP contribution in [0.25, 0.3) is 15.8 Å². The Morgan fingerprint density at radius 2 is 1.90 bits per heavy atom. The van der Waals surface area contributed by atoms with E-state index in [1.807, 2.05) is 31.2 Å². The van der Waals surface area contributed by atoms with Gasteiger partial charge < -0.3 is 4.74 Å². The molecular weight excluding hydrogens is 425 g/mol. The van der Waals surface area contributed by atoms with Crippen LogP contribution in [0.4, 0.5) is 13.2 Å². The molecule has 8 heteroatoms. The Morgan fingerprint density at radius 1 is 1.13 bits per heavy atom. The first-order valence-corrected chi connectivity index (χ1v) is 10.5. The van der Waals surface area contributed by atoms with Crippen LogP contribution in [0.1, 0.15) is 39.1 Å². The number of thiophene rings is 1. The van der Waals surface area contributed by atoms with Gasteiger partial charge in [0.25, 0.3) is 0 Å². The third kappa shape index (κ3) is 4.34. The van der Waals surface area contributed by atoms with E-state index in [4.69, 9.17) is 4.74 Å². The molecule has 0 bridgehead atoms. The van der Waals surface area contributed by atoms with Crippen LogP contribution in [0.5, 0.6) is 0 Å². The van der Waals surface area contributed by atoms with Gasteiger partial charge in [-0.2, -0.15) is 18.3 Å². The fraction of sp³-hybridized carbons (Fsp3) is 0.217. The number of aryl methyl sites for hydroxylation is 1. The summed E-state index contributed by atoms with van der Waals surface area (Å²) in [5.41, 5.74) is 1.78. The number of nitrogens with zero attached hydrogens (tertiary/aromatic N) is 2. The van der Waals surface area contributed by atoms with Gasteiger partial charge in [0.2, 0.25) is 0 Å². The minimum absolute atomic E-state index is 0.233. The summed E-state index contributed by atoms with van der Waals surface area (Å²) < 4.78 is 46.7. The topological polar surface area (TPSA) is 44.1 Å². The summed E-state index contributed by atoms with van der Waals surface area (Å²) in [4.78, 5) is 13.0. The van der Waals surface area contributed by atoms with Crippen LogP contribution in [0.2, 0.25) is 0 Å². The van der Waals surface area contributed by atoms with Gasteiger partial charge in [-0.1, -0.05) is 30.3 Å². The molecule has 0 aliphatic rings. The molecule has 0 radical (unpaired) electrons. The zero-order valence-electron chi connectivity index (χ0n) is 16.9. The highest BCUT2D eigenvalue weighted by atomic mass is 32.1. The van der Waals surface area contributed by atoms with E-state index in [-0.39, 0.29) is 12.3 Å². The molecule has 0 N–H and O–H groups in total. The number of esters is 1. The number of hydrogen-bond donors (Lipinski definition) is 0. The van der Waals surface area contributed by atoms with Crippen LogP contribution < -0.4 is 0 Å². The number of fused-ring (bicyclic) bond motifs is 1. The molecular formula is C23H19F3N2O2S. The molecule has 0 atom stereocenters. The first-order valence-electron chi connectivity index (χ1n) is 9.68. The number of carbonyl (C=O) groups is 1. The van der Waals surface area contributed by atoms with Crippen molar-refractivity contribution in [3.05, 3.63) is 82.0 Å². The molecule has 4 nitrogen and oxygen atoms in total. The van der Waals surface area contributed by atoms with Crippen molar-refractivity contribution in [3.8, 4) is 5.69 Å². The molecule has 2 heterocycles. The second-order valence-electron chi connectivity index (χ2n) is 7.09. The third-order valence-electron chi connectivity index (χ3n) is 4.81. The lowest BCUT2D eigenvalue weighted by molar-refractivity contribution is -0.137. The van der Waals surface area contributed by atoms with Gasteiger partial charge in [0.15, 0.2) is 5.69 Å². The van der Waals surface area contributed by atoms with Gasteiger partial charge in [0, 0.05) is 17.0 Å². The van der Waals surface area contributed by atoms with Gasteiger partial charge in [-0.3, -0.25) is 0 Å². The molecule has 2 aromatic heterocycles. The molecule has 0 aliphatic carbocycles. The van der Waals surface area contributed by atoms with Crippen LogP contribution in [0.15, 0.2) is 54.6 Å². The van der Waals surface area contributed by atoms with Gasteiger partial charge in [-0.25, -0.2) is 9.48 Å². The maximum Gasteiger partial charge on any atom is 0.416 e. The highest BCUT2D eigenvalue weighted by molar-refractivity contribution is 7.19. The van der Waals surface area contributed by atoms with E-state index in [0.29, 0.717) is 12.0 Å². The highest BCUT2D eigenvalue weighted by Gasteiger charge is 2.30. The minimum Gasteiger partial charge on any atom is -0.461 e. The molecule has 0 unspecified atom stereocenters. The second-order valence-corrected chi connectivity index (χ2v) is 8.22. The highest BCUT2D eigenvalue weighted by Crippen LogP contribution is 2.34. The largest absolute Gasteiger partial charge is 0.461 e. The normalized spacial score (nSPS) is 11.8. The summed E-state index contributed by atoms with van der Waals surface area (Å²) in [6.45, 7) is 3.86. The lowest BCUT2D eigenvalue weighted by Gasteiger charge is -2.08. The summed E-state index contributed by atoms with van der Waals surface area (Å²) in [6.07, 6.45) is -3.97. The maximum absolute atomic E-state index is 13.0. The van der Waals surface area contributed by atoms with E-state index in [0.717, 1.165) is 32.4 Å². The van der Waals surface area contributed by atoms with Gasteiger partial charge in [0.05, 0.1) is 22.6 Å². The van der Waals surface area contributed by atoms with Crippen LogP contribution in [-0.4, -0.2) is 22.4 Å². The zero-order chi connectivity index (χ0) is 22.2. The van der Waals surface area contributed by atoms with Crippen LogP contribution in [0, 0.1) is 6.92 Å². The van der Waals surface area contributed by atoms with Crippen LogP contribution in [-0.2, 0) is 17.3 Å². The summed E-state index contributed by atoms with van der Waals surface area (Å²) in [6, 6.07) is 14.8. The Bertz CT molecular complexity index is 1260. The SMILES string of the molecule is CCOC(=O)c1cc(C)n(-c2cccc3cc(Cc4cccc(C(F)(F)F)c4)sc23)n1. The van der Waals surface area contributed by atoms with Crippen LogP contribution >= 0.6 is 11.3 Å². The lowest BCUT2D eigenvalue weighted by atomic mass is 10.1. The summed E-state index contributed by atoms with van der Waals surface area (Å²) in [5.74, 6) is -0.479. The molecule has 31 heavy (non-hydrogen) atoms.